The van der Waals surface area contributed by atoms with E-state index >= 15 is 0 Å². The van der Waals surface area contributed by atoms with Gasteiger partial charge in [-0.1, -0.05) is 33.6 Å². The lowest BCUT2D eigenvalue weighted by atomic mass is 10.2. The maximum Gasteiger partial charge on any atom is 0.267 e. The molecule has 202 valence electrons. The summed E-state index contributed by atoms with van der Waals surface area (Å²) in [6.45, 7) is -0.0213. The van der Waals surface area contributed by atoms with Gasteiger partial charge in [-0.2, -0.15) is 5.10 Å². The smallest absolute Gasteiger partial charge is 0.267 e. The van der Waals surface area contributed by atoms with Crippen molar-refractivity contribution in [3.63, 3.8) is 0 Å². The molecule has 1 aliphatic heterocycles. The molecule has 1 aliphatic rings. The second-order valence-corrected chi connectivity index (χ2v) is 11.6. The zero-order valence-corrected chi connectivity index (χ0v) is 24.6. The number of amidine groups is 1. The summed E-state index contributed by atoms with van der Waals surface area (Å²) in [6, 6.07) is 19.5. The SMILES string of the molecule is O=C(COc1ccc(Br)cc1/C=C1\S/C(=N\N=C\c2cccs2)N(Cc2ccco2)C1=O)Nc1ccc(Cl)cc1. The lowest BCUT2D eigenvalue weighted by molar-refractivity contribution is -0.122. The first-order valence-electron chi connectivity index (χ1n) is 11.8. The van der Waals surface area contributed by atoms with E-state index in [1.807, 2.05) is 23.6 Å². The second kappa shape index (κ2) is 13.1. The van der Waals surface area contributed by atoms with E-state index in [-0.39, 0.29) is 25.0 Å². The van der Waals surface area contributed by atoms with Gasteiger partial charge >= 0.3 is 0 Å². The molecular weight excluding hydrogens is 636 g/mol. The van der Waals surface area contributed by atoms with Crippen molar-refractivity contribution in [2.24, 2.45) is 10.2 Å². The summed E-state index contributed by atoms with van der Waals surface area (Å²) >= 11 is 12.1. The molecule has 2 aromatic carbocycles. The van der Waals surface area contributed by atoms with Gasteiger partial charge in [-0.15, -0.1) is 16.4 Å². The van der Waals surface area contributed by atoms with E-state index in [4.69, 9.17) is 20.8 Å². The summed E-state index contributed by atoms with van der Waals surface area (Å²) in [7, 11) is 0. The van der Waals surface area contributed by atoms with Crippen LogP contribution < -0.4 is 10.1 Å². The van der Waals surface area contributed by atoms with Gasteiger partial charge in [-0.3, -0.25) is 14.5 Å². The van der Waals surface area contributed by atoms with Gasteiger partial charge in [0.1, 0.15) is 11.5 Å². The predicted molar refractivity (Wildman–Crippen MR) is 164 cm³/mol. The first-order chi connectivity index (χ1) is 19.4. The molecule has 0 atom stereocenters. The molecule has 0 spiro atoms. The number of thioether (sulfide) groups is 1. The molecule has 2 amide bonds. The molecule has 40 heavy (non-hydrogen) atoms. The van der Waals surface area contributed by atoms with Crippen LogP contribution in [0.4, 0.5) is 5.69 Å². The molecule has 1 saturated heterocycles. The summed E-state index contributed by atoms with van der Waals surface area (Å²) in [5.74, 6) is 0.466. The van der Waals surface area contributed by atoms with Gasteiger partial charge in [0.25, 0.3) is 11.8 Å². The summed E-state index contributed by atoms with van der Waals surface area (Å²) in [5.41, 5.74) is 1.22. The minimum absolute atomic E-state index is 0.205. The third kappa shape index (κ3) is 7.30. The number of amides is 2. The number of carbonyl (C=O) groups is 2. The average molecular weight is 656 g/mol. The van der Waals surface area contributed by atoms with Crippen LogP contribution >= 0.6 is 50.6 Å². The number of ether oxygens (including phenoxy) is 1. The van der Waals surface area contributed by atoms with Crippen LogP contribution in [0.25, 0.3) is 6.08 Å². The molecule has 0 saturated carbocycles. The normalized spacial score (nSPS) is 15.4. The van der Waals surface area contributed by atoms with E-state index in [1.165, 1.54) is 28.0 Å². The van der Waals surface area contributed by atoms with Gasteiger partial charge in [0.2, 0.25) is 0 Å². The van der Waals surface area contributed by atoms with E-state index in [0.717, 1.165) is 9.35 Å². The lowest BCUT2D eigenvalue weighted by Crippen LogP contribution is -2.28. The first kappa shape index (κ1) is 27.9. The number of benzene rings is 2. The van der Waals surface area contributed by atoms with Crippen molar-refractivity contribution in [1.29, 1.82) is 0 Å². The standard InChI is InChI=1S/C28H20BrClN4O4S2/c29-19-5-10-24(38-17-26(35)32-21-8-6-20(30)7-9-21)18(13-19)14-25-27(36)34(16-22-3-1-11-37-22)28(40-25)33-31-15-23-4-2-12-39-23/h1-15H,16-17H2,(H,32,35)/b25-14-,31-15+,33-28-. The van der Waals surface area contributed by atoms with Crippen molar-refractivity contribution < 1.29 is 18.7 Å². The Balaban J connectivity index is 1.35. The fourth-order valence-corrected chi connectivity index (χ4v) is 5.57. The molecule has 12 heteroatoms. The van der Waals surface area contributed by atoms with Crippen LogP contribution in [-0.4, -0.2) is 34.7 Å². The number of rotatable bonds is 9. The van der Waals surface area contributed by atoms with E-state index in [9.17, 15) is 9.59 Å². The molecule has 0 radical (unpaired) electrons. The highest BCUT2D eigenvalue weighted by Gasteiger charge is 2.34. The molecule has 1 fully saturated rings. The summed E-state index contributed by atoms with van der Waals surface area (Å²) < 4.78 is 12.1. The van der Waals surface area contributed by atoms with Crippen molar-refractivity contribution in [2.45, 2.75) is 6.54 Å². The van der Waals surface area contributed by atoms with E-state index in [2.05, 4.69) is 31.4 Å². The van der Waals surface area contributed by atoms with Crippen LogP contribution in [0.3, 0.4) is 0 Å². The largest absolute Gasteiger partial charge is 0.483 e. The highest BCUT2D eigenvalue weighted by atomic mass is 79.9. The topological polar surface area (TPSA) is 96.5 Å². The Morgan fingerprint density at radius 2 is 2.00 bits per heavy atom. The van der Waals surface area contributed by atoms with E-state index in [1.54, 1.807) is 67.1 Å². The summed E-state index contributed by atoms with van der Waals surface area (Å²) in [4.78, 5) is 28.8. The molecule has 0 unspecified atom stereocenters. The Bertz CT molecular complexity index is 1590. The van der Waals surface area contributed by atoms with Gasteiger partial charge in [0.15, 0.2) is 11.8 Å². The molecular formula is C28H20BrClN4O4S2. The molecule has 3 heterocycles. The van der Waals surface area contributed by atoms with Crippen LogP contribution in [-0.2, 0) is 16.1 Å². The van der Waals surface area contributed by atoms with Crippen LogP contribution in [0.2, 0.25) is 5.02 Å². The Morgan fingerprint density at radius 3 is 2.75 bits per heavy atom. The highest BCUT2D eigenvalue weighted by molar-refractivity contribution is 9.10. The maximum atomic E-state index is 13.5. The third-order valence-electron chi connectivity index (χ3n) is 5.40. The number of nitrogens with one attached hydrogen (secondary N) is 1. The van der Waals surface area contributed by atoms with Crippen molar-refractivity contribution in [3.8, 4) is 5.75 Å². The number of halogens is 2. The van der Waals surface area contributed by atoms with Gasteiger partial charge in [-0.25, -0.2) is 0 Å². The summed E-state index contributed by atoms with van der Waals surface area (Å²) in [6.07, 6.45) is 4.91. The molecule has 0 bridgehead atoms. The molecule has 2 aromatic heterocycles. The second-order valence-electron chi connectivity index (χ2n) is 8.25. The Kier molecular flexibility index (Phi) is 9.17. The fraction of sp³-hybridized carbons (Fsp3) is 0.0714. The monoisotopic (exact) mass is 654 g/mol. The Morgan fingerprint density at radius 1 is 1.15 bits per heavy atom. The lowest BCUT2D eigenvalue weighted by Gasteiger charge is -2.13. The van der Waals surface area contributed by atoms with Gasteiger partial charge in [0.05, 0.1) is 23.9 Å². The molecule has 1 N–H and O–H groups in total. The van der Waals surface area contributed by atoms with Gasteiger partial charge in [-0.05, 0) is 83.9 Å². The van der Waals surface area contributed by atoms with Crippen molar-refractivity contribution in [2.75, 3.05) is 11.9 Å². The zero-order chi connectivity index (χ0) is 27.9. The minimum atomic E-state index is -0.335. The van der Waals surface area contributed by atoms with Crippen LogP contribution in [0.15, 0.2) is 102 Å². The van der Waals surface area contributed by atoms with Crippen molar-refractivity contribution in [1.82, 2.24) is 4.90 Å². The van der Waals surface area contributed by atoms with Crippen LogP contribution in [0.5, 0.6) is 5.75 Å². The number of thiophene rings is 1. The number of furan rings is 1. The van der Waals surface area contributed by atoms with Crippen LogP contribution in [0, 0.1) is 0 Å². The average Bonchev–Trinajstić information content (AvgIpc) is 3.70. The molecule has 8 nitrogen and oxygen atoms in total. The van der Waals surface area contributed by atoms with Crippen LogP contribution in [0.1, 0.15) is 16.2 Å². The van der Waals surface area contributed by atoms with Gasteiger partial charge in [0, 0.05) is 25.6 Å². The van der Waals surface area contributed by atoms with Gasteiger partial charge < -0.3 is 14.5 Å². The number of anilines is 1. The molecule has 0 aliphatic carbocycles. The Labute approximate surface area is 251 Å². The fourth-order valence-electron chi connectivity index (χ4n) is 3.56. The van der Waals surface area contributed by atoms with E-state index < -0.39 is 0 Å². The number of carbonyl (C=O) groups excluding carboxylic acids is 2. The number of nitrogens with zero attached hydrogens (tertiary/aromatic N) is 3. The number of hydrogen-bond donors (Lipinski definition) is 1. The van der Waals surface area contributed by atoms with E-state index in [0.29, 0.717) is 37.9 Å². The van der Waals surface area contributed by atoms with Crippen molar-refractivity contribution >= 4 is 85.6 Å². The quantitative estimate of drug-likeness (QED) is 0.116. The zero-order valence-electron chi connectivity index (χ0n) is 20.6. The maximum absolute atomic E-state index is 13.5. The van der Waals surface area contributed by atoms with Crippen molar-refractivity contribution in [3.05, 3.63) is 109 Å². The first-order valence-corrected chi connectivity index (χ1v) is 14.7. The number of hydrogen-bond acceptors (Lipinski definition) is 8. The predicted octanol–water partition coefficient (Wildman–Crippen LogP) is 7.28. The minimum Gasteiger partial charge on any atom is -0.483 e. The third-order valence-corrected chi connectivity index (χ3v) is 7.95. The highest BCUT2D eigenvalue weighted by Crippen LogP contribution is 2.36. The molecule has 5 rings (SSSR count). The molecule has 4 aromatic rings. The Hall–Kier alpha value is -3.64. The summed E-state index contributed by atoms with van der Waals surface area (Å²) in [5, 5.41) is 14.2.